The Balaban J connectivity index is 2.44. The van der Waals surface area contributed by atoms with Crippen molar-refractivity contribution < 1.29 is 9.84 Å². The van der Waals surface area contributed by atoms with Gasteiger partial charge in [-0.15, -0.1) is 0 Å². The van der Waals surface area contributed by atoms with Crippen LogP contribution < -0.4 is 0 Å². The summed E-state index contributed by atoms with van der Waals surface area (Å²) in [6.07, 6.45) is 4.16. The van der Waals surface area contributed by atoms with E-state index in [1.165, 1.54) is 24.8 Å². The van der Waals surface area contributed by atoms with E-state index in [1.54, 1.807) is 0 Å². The van der Waals surface area contributed by atoms with Crippen LogP contribution in [-0.2, 0) is 4.74 Å². The molecule has 0 aliphatic heterocycles. The Bertz CT molecular complexity index is 358. The standard InChI is InChI=1S/C18H30O2/c1-5-7-8-16(6-2)13-20-15(4)18(19)17-11-9-14(3)10-12-17/h9-12,15-16,18-19H,5-8,13H2,1-4H3. The lowest BCUT2D eigenvalue weighted by Crippen LogP contribution is -2.22. The molecule has 0 saturated heterocycles. The monoisotopic (exact) mass is 278 g/mol. The second-order valence-electron chi connectivity index (χ2n) is 5.81. The van der Waals surface area contributed by atoms with E-state index >= 15 is 0 Å². The molecule has 1 aromatic rings. The number of benzene rings is 1. The molecule has 1 rings (SSSR count). The van der Waals surface area contributed by atoms with Gasteiger partial charge in [0.1, 0.15) is 6.10 Å². The number of aryl methyl sites for hydroxylation is 1. The lowest BCUT2D eigenvalue weighted by Gasteiger charge is -2.23. The molecule has 2 nitrogen and oxygen atoms in total. The van der Waals surface area contributed by atoms with Crippen LogP contribution in [0.2, 0.25) is 0 Å². The summed E-state index contributed by atoms with van der Waals surface area (Å²) in [7, 11) is 0. The van der Waals surface area contributed by atoms with E-state index in [4.69, 9.17) is 4.74 Å². The summed E-state index contributed by atoms with van der Waals surface area (Å²) in [5, 5.41) is 10.3. The molecule has 0 heterocycles. The normalized spacial score (nSPS) is 15.8. The molecular weight excluding hydrogens is 248 g/mol. The van der Waals surface area contributed by atoms with E-state index in [0.717, 1.165) is 18.6 Å². The first kappa shape index (κ1) is 17.2. The molecule has 1 aromatic carbocycles. The van der Waals surface area contributed by atoms with Crippen molar-refractivity contribution in [1.82, 2.24) is 0 Å². The van der Waals surface area contributed by atoms with Crippen molar-refractivity contribution in [1.29, 1.82) is 0 Å². The molecule has 3 unspecified atom stereocenters. The van der Waals surface area contributed by atoms with Crippen LogP contribution in [0.1, 0.15) is 63.7 Å². The molecule has 0 aliphatic carbocycles. The van der Waals surface area contributed by atoms with Crippen molar-refractivity contribution in [3.05, 3.63) is 35.4 Å². The Morgan fingerprint density at radius 2 is 1.80 bits per heavy atom. The fourth-order valence-electron chi connectivity index (χ4n) is 2.31. The SMILES string of the molecule is CCCCC(CC)COC(C)C(O)c1ccc(C)cc1. The van der Waals surface area contributed by atoms with Gasteiger partial charge in [0.2, 0.25) is 0 Å². The van der Waals surface area contributed by atoms with E-state index in [2.05, 4.69) is 20.8 Å². The largest absolute Gasteiger partial charge is 0.386 e. The Hall–Kier alpha value is -0.860. The molecule has 3 atom stereocenters. The molecule has 2 heteroatoms. The zero-order valence-corrected chi connectivity index (χ0v) is 13.4. The van der Waals surface area contributed by atoms with Gasteiger partial charge in [-0.25, -0.2) is 0 Å². The number of ether oxygens (including phenoxy) is 1. The molecule has 114 valence electrons. The lowest BCUT2D eigenvalue weighted by atomic mass is 10.00. The van der Waals surface area contributed by atoms with Crippen LogP contribution in [0, 0.1) is 12.8 Å². The summed E-state index contributed by atoms with van der Waals surface area (Å²) >= 11 is 0. The Kier molecular flexibility index (Phi) is 7.86. The van der Waals surface area contributed by atoms with E-state index in [1.807, 2.05) is 31.2 Å². The van der Waals surface area contributed by atoms with Crippen molar-refractivity contribution in [2.24, 2.45) is 5.92 Å². The highest BCUT2D eigenvalue weighted by atomic mass is 16.5. The highest BCUT2D eigenvalue weighted by Crippen LogP contribution is 2.21. The zero-order chi connectivity index (χ0) is 15.0. The lowest BCUT2D eigenvalue weighted by molar-refractivity contribution is -0.0421. The van der Waals surface area contributed by atoms with E-state index in [0.29, 0.717) is 5.92 Å². The third-order valence-corrected chi connectivity index (χ3v) is 4.00. The van der Waals surface area contributed by atoms with Crippen LogP contribution in [0.15, 0.2) is 24.3 Å². The Labute approximate surface area is 124 Å². The minimum Gasteiger partial charge on any atom is -0.386 e. The summed E-state index contributed by atoms with van der Waals surface area (Å²) < 4.78 is 5.89. The Morgan fingerprint density at radius 3 is 2.35 bits per heavy atom. The summed E-state index contributed by atoms with van der Waals surface area (Å²) in [6, 6.07) is 8.02. The first-order valence-electron chi connectivity index (χ1n) is 7.94. The minimum atomic E-state index is -0.542. The van der Waals surface area contributed by atoms with Crippen molar-refractivity contribution in [2.75, 3.05) is 6.61 Å². The second kappa shape index (κ2) is 9.15. The Morgan fingerprint density at radius 1 is 1.15 bits per heavy atom. The van der Waals surface area contributed by atoms with Crippen molar-refractivity contribution in [2.45, 2.75) is 65.6 Å². The first-order chi connectivity index (χ1) is 9.58. The molecule has 0 aliphatic rings. The van der Waals surface area contributed by atoms with Crippen molar-refractivity contribution in [3.63, 3.8) is 0 Å². The number of hydrogen-bond donors (Lipinski definition) is 1. The average molecular weight is 278 g/mol. The van der Waals surface area contributed by atoms with Crippen LogP contribution in [0.5, 0.6) is 0 Å². The molecule has 0 bridgehead atoms. The molecule has 0 aromatic heterocycles. The maximum atomic E-state index is 10.3. The van der Waals surface area contributed by atoms with Gasteiger partial charge in [0, 0.05) is 6.61 Å². The fraction of sp³-hybridized carbons (Fsp3) is 0.667. The topological polar surface area (TPSA) is 29.5 Å². The molecule has 0 radical (unpaired) electrons. The van der Waals surface area contributed by atoms with Gasteiger partial charge in [-0.2, -0.15) is 0 Å². The zero-order valence-electron chi connectivity index (χ0n) is 13.4. The predicted molar refractivity (Wildman–Crippen MR) is 84.9 cm³/mol. The van der Waals surface area contributed by atoms with E-state index in [9.17, 15) is 5.11 Å². The number of unbranched alkanes of at least 4 members (excludes halogenated alkanes) is 1. The van der Waals surface area contributed by atoms with Gasteiger partial charge >= 0.3 is 0 Å². The molecular formula is C18H30O2. The molecule has 0 amide bonds. The molecule has 0 fully saturated rings. The fourth-order valence-corrected chi connectivity index (χ4v) is 2.31. The average Bonchev–Trinajstić information content (AvgIpc) is 2.47. The maximum absolute atomic E-state index is 10.3. The van der Waals surface area contributed by atoms with E-state index in [-0.39, 0.29) is 6.10 Å². The second-order valence-corrected chi connectivity index (χ2v) is 5.81. The highest BCUT2D eigenvalue weighted by molar-refractivity contribution is 5.23. The van der Waals surface area contributed by atoms with Crippen LogP contribution >= 0.6 is 0 Å². The number of aliphatic hydroxyl groups is 1. The smallest absolute Gasteiger partial charge is 0.105 e. The van der Waals surface area contributed by atoms with Crippen LogP contribution in [0.25, 0.3) is 0 Å². The minimum absolute atomic E-state index is 0.159. The molecule has 1 N–H and O–H groups in total. The van der Waals surface area contributed by atoms with Gasteiger partial charge in [0.05, 0.1) is 6.10 Å². The summed E-state index contributed by atoms with van der Waals surface area (Å²) in [5.74, 6) is 0.614. The summed E-state index contributed by atoms with van der Waals surface area (Å²) in [5.41, 5.74) is 2.14. The first-order valence-corrected chi connectivity index (χ1v) is 7.94. The maximum Gasteiger partial charge on any atom is 0.105 e. The van der Waals surface area contributed by atoms with Crippen LogP contribution in [-0.4, -0.2) is 17.8 Å². The number of rotatable bonds is 9. The predicted octanol–water partition coefficient (Wildman–Crippen LogP) is 4.65. The molecule has 0 spiro atoms. The van der Waals surface area contributed by atoms with Gasteiger partial charge in [0.25, 0.3) is 0 Å². The van der Waals surface area contributed by atoms with E-state index < -0.39 is 6.10 Å². The van der Waals surface area contributed by atoms with Crippen LogP contribution in [0.4, 0.5) is 0 Å². The van der Waals surface area contributed by atoms with Gasteiger partial charge in [-0.05, 0) is 31.7 Å². The van der Waals surface area contributed by atoms with Gasteiger partial charge in [-0.3, -0.25) is 0 Å². The number of aliphatic hydroxyl groups excluding tert-OH is 1. The van der Waals surface area contributed by atoms with Gasteiger partial charge in [-0.1, -0.05) is 62.9 Å². The quantitative estimate of drug-likeness (QED) is 0.712. The number of hydrogen-bond acceptors (Lipinski definition) is 2. The van der Waals surface area contributed by atoms with Gasteiger partial charge < -0.3 is 9.84 Å². The molecule has 0 saturated carbocycles. The van der Waals surface area contributed by atoms with Crippen molar-refractivity contribution >= 4 is 0 Å². The third kappa shape index (κ3) is 5.64. The third-order valence-electron chi connectivity index (χ3n) is 4.00. The van der Waals surface area contributed by atoms with Crippen LogP contribution in [0.3, 0.4) is 0 Å². The highest BCUT2D eigenvalue weighted by Gasteiger charge is 2.18. The molecule has 20 heavy (non-hydrogen) atoms. The van der Waals surface area contributed by atoms with Crippen molar-refractivity contribution in [3.8, 4) is 0 Å². The summed E-state index contributed by atoms with van der Waals surface area (Å²) in [4.78, 5) is 0. The van der Waals surface area contributed by atoms with Gasteiger partial charge in [0.15, 0.2) is 0 Å². The summed E-state index contributed by atoms with van der Waals surface area (Å²) in [6.45, 7) is 9.19.